The van der Waals surface area contributed by atoms with Gasteiger partial charge in [0.1, 0.15) is 0 Å². The van der Waals surface area contributed by atoms with E-state index < -0.39 is 0 Å². The smallest absolute Gasteiger partial charge is 0.254 e. The summed E-state index contributed by atoms with van der Waals surface area (Å²) in [7, 11) is 1.68. The van der Waals surface area contributed by atoms with E-state index in [2.05, 4.69) is 11.4 Å². The largest absolute Gasteiger partial charge is 0.385 e. The van der Waals surface area contributed by atoms with Crippen LogP contribution in [-0.4, -0.2) is 43.7 Å². The van der Waals surface area contributed by atoms with Crippen LogP contribution >= 0.6 is 0 Å². The van der Waals surface area contributed by atoms with Gasteiger partial charge in [0.05, 0.1) is 6.61 Å². The summed E-state index contributed by atoms with van der Waals surface area (Å²) in [5, 5.41) is 3.39. The monoisotopic (exact) mass is 274 g/mol. The number of methoxy groups -OCH3 is 1. The lowest BCUT2D eigenvalue weighted by molar-refractivity contribution is 0.0679. The normalized spacial score (nSPS) is 17.2. The lowest BCUT2D eigenvalue weighted by Gasteiger charge is -2.26. The molecule has 0 atom stereocenters. The molecule has 1 aliphatic heterocycles. The van der Waals surface area contributed by atoms with E-state index in [4.69, 9.17) is 4.74 Å². The van der Waals surface area contributed by atoms with Gasteiger partial charge >= 0.3 is 0 Å². The maximum Gasteiger partial charge on any atom is 0.254 e. The molecule has 1 amide bonds. The van der Waals surface area contributed by atoms with Crippen molar-refractivity contribution in [2.24, 2.45) is 0 Å². The molecule has 0 radical (unpaired) electrons. The summed E-state index contributed by atoms with van der Waals surface area (Å²) in [6.45, 7) is 2.30. The van der Waals surface area contributed by atoms with Gasteiger partial charge in [-0.25, -0.2) is 0 Å². The molecule has 1 aromatic carbocycles. The van der Waals surface area contributed by atoms with Crippen molar-refractivity contribution in [3.8, 4) is 0 Å². The quantitative estimate of drug-likeness (QED) is 0.895. The molecule has 1 saturated carbocycles. The SMILES string of the molecule is COCCN(C(=O)c1cccc2c1CCCN2)C1CC1. The summed E-state index contributed by atoms with van der Waals surface area (Å²) in [5.41, 5.74) is 3.19. The molecule has 0 saturated heterocycles. The minimum absolute atomic E-state index is 0.171. The van der Waals surface area contributed by atoms with Crippen molar-refractivity contribution in [3.63, 3.8) is 0 Å². The number of nitrogens with zero attached hydrogens (tertiary/aromatic N) is 1. The fraction of sp³-hybridized carbons (Fsp3) is 0.562. The zero-order valence-electron chi connectivity index (χ0n) is 12.0. The second-order valence-electron chi connectivity index (χ2n) is 5.58. The number of fused-ring (bicyclic) bond motifs is 1. The Bertz CT molecular complexity index is 497. The summed E-state index contributed by atoms with van der Waals surface area (Å²) in [6, 6.07) is 6.44. The van der Waals surface area contributed by atoms with Gasteiger partial charge in [0.2, 0.25) is 0 Å². The second-order valence-corrected chi connectivity index (χ2v) is 5.58. The molecule has 1 N–H and O–H groups in total. The average Bonchev–Trinajstić information content (AvgIpc) is 3.31. The third-order valence-corrected chi connectivity index (χ3v) is 4.11. The van der Waals surface area contributed by atoms with Gasteiger partial charge in [-0.15, -0.1) is 0 Å². The number of hydrogen-bond donors (Lipinski definition) is 1. The Morgan fingerprint density at radius 3 is 3.05 bits per heavy atom. The highest BCUT2D eigenvalue weighted by molar-refractivity contribution is 5.97. The summed E-state index contributed by atoms with van der Waals surface area (Å²) >= 11 is 0. The molecule has 4 nitrogen and oxygen atoms in total. The molecule has 1 heterocycles. The Labute approximate surface area is 120 Å². The van der Waals surface area contributed by atoms with Crippen molar-refractivity contribution in [3.05, 3.63) is 29.3 Å². The van der Waals surface area contributed by atoms with Gasteiger partial charge in [-0.2, -0.15) is 0 Å². The van der Waals surface area contributed by atoms with Crippen LogP contribution in [0.1, 0.15) is 35.2 Å². The zero-order valence-corrected chi connectivity index (χ0v) is 12.0. The minimum Gasteiger partial charge on any atom is -0.385 e. The van der Waals surface area contributed by atoms with Gasteiger partial charge in [-0.1, -0.05) is 6.07 Å². The van der Waals surface area contributed by atoms with E-state index in [1.165, 1.54) is 5.56 Å². The van der Waals surface area contributed by atoms with Crippen LogP contribution in [0.5, 0.6) is 0 Å². The highest BCUT2D eigenvalue weighted by Crippen LogP contribution is 2.31. The predicted octanol–water partition coefficient (Wildman–Crippen LogP) is 2.30. The van der Waals surface area contributed by atoms with E-state index in [-0.39, 0.29) is 5.91 Å². The maximum atomic E-state index is 12.8. The number of ether oxygens (including phenoxy) is 1. The molecular weight excluding hydrogens is 252 g/mol. The highest BCUT2D eigenvalue weighted by Gasteiger charge is 2.33. The summed E-state index contributed by atoms with van der Waals surface area (Å²) < 4.78 is 5.14. The number of carbonyl (C=O) groups excluding carboxylic acids is 1. The molecule has 0 unspecified atom stereocenters. The van der Waals surface area contributed by atoms with Gasteiger partial charge in [0, 0.05) is 37.5 Å². The van der Waals surface area contributed by atoms with Crippen LogP contribution < -0.4 is 5.32 Å². The number of rotatable bonds is 5. The molecule has 108 valence electrons. The van der Waals surface area contributed by atoms with Crippen LogP contribution in [0.4, 0.5) is 5.69 Å². The van der Waals surface area contributed by atoms with E-state index in [0.29, 0.717) is 19.2 Å². The molecule has 2 aliphatic rings. The Morgan fingerprint density at radius 1 is 1.45 bits per heavy atom. The molecule has 0 bridgehead atoms. The number of hydrogen-bond acceptors (Lipinski definition) is 3. The molecule has 20 heavy (non-hydrogen) atoms. The van der Waals surface area contributed by atoms with Gasteiger partial charge in [0.15, 0.2) is 0 Å². The van der Waals surface area contributed by atoms with E-state index in [9.17, 15) is 4.79 Å². The highest BCUT2D eigenvalue weighted by atomic mass is 16.5. The third kappa shape index (κ3) is 2.66. The van der Waals surface area contributed by atoms with E-state index in [1.54, 1.807) is 7.11 Å². The zero-order chi connectivity index (χ0) is 13.9. The number of carbonyl (C=O) groups is 1. The van der Waals surface area contributed by atoms with Crippen LogP contribution in [0.3, 0.4) is 0 Å². The molecule has 0 spiro atoms. The molecular formula is C16H22N2O2. The van der Waals surface area contributed by atoms with Crippen LogP contribution in [0.2, 0.25) is 0 Å². The van der Waals surface area contributed by atoms with E-state index in [1.807, 2.05) is 17.0 Å². The number of nitrogens with one attached hydrogen (secondary N) is 1. The van der Waals surface area contributed by atoms with Gasteiger partial charge in [-0.3, -0.25) is 4.79 Å². The number of anilines is 1. The first kappa shape index (κ1) is 13.4. The summed E-state index contributed by atoms with van der Waals surface area (Å²) in [5.74, 6) is 0.171. The first-order valence-electron chi connectivity index (χ1n) is 7.47. The van der Waals surface area contributed by atoms with E-state index >= 15 is 0 Å². The van der Waals surface area contributed by atoms with Crippen molar-refractivity contribution in [1.82, 2.24) is 4.90 Å². The van der Waals surface area contributed by atoms with E-state index in [0.717, 1.165) is 43.5 Å². The first-order chi connectivity index (χ1) is 9.81. The third-order valence-electron chi connectivity index (χ3n) is 4.11. The molecule has 0 aromatic heterocycles. The fourth-order valence-corrected chi connectivity index (χ4v) is 2.89. The first-order valence-corrected chi connectivity index (χ1v) is 7.47. The van der Waals surface area contributed by atoms with Crippen LogP contribution in [0.15, 0.2) is 18.2 Å². The second kappa shape index (κ2) is 5.83. The Morgan fingerprint density at radius 2 is 2.30 bits per heavy atom. The fourth-order valence-electron chi connectivity index (χ4n) is 2.89. The van der Waals surface area contributed by atoms with Gasteiger partial charge < -0.3 is 15.0 Å². The summed E-state index contributed by atoms with van der Waals surface area (Å²) in [4.78, 5) is 14.8. The Kier molecular flexibility index (Phi) is 3.92. The number of amides is 1. The Hall–Kier alpha value is -1.55. The lowest BCUT2D eigenvalue weighted by Crippen LogP contribution is -2.36. The standard InChI is InChI=1S/C16H22N2O2/c1-20-11-10-18(12-7-8-12)16(19)14-4-2-6-15-13(14)5-3-9-17-15/h2,4,6,12,17H,3,5,7-11H2,1H3. The van der Waals surface area contributed by atoms with Crippen LogP contribution in [0.25, 0.3) is 0 Å². The topological polar surface area (TPSA) is 41.6 Å². The minimum atomic E-state index is 0.171. The molecule has 1 aliphatic carbocycles. The number of benzene rings is 1. The van der Waals surface area contributed by atoms with Crippen molar-refractivity contribution in [2.75, 3.05) is 32.1 Å². The van der Waals surface area contributed by atoms with Gasteiger partial charge in [-0.05, 0) is 43.4 Å². The molecule has 1 aromatic rings. The maximum absolute atomic E-state index is 12.8. The van der Waals surface area contributed by atoms with Crippen molar-refractivity contribution >= 4 is 11.6 Å². The van der Waals surface area contributed by atoms with Crippen LogP contribution in [0, 0.1) is 0 Å². The van der Waals surface area contributed by atoms with Crippen molar-refractivity contribution < 1.29 is 9.53 Å². The summed E-state index contributed by atoms with van der Waals surface area (Å²) in [6.07, 6.45) is 4.34. The predicted molar refractivity (Wildman–Crippen MR) is 79.2 cm³/mol. The van der Waals surface area contributed by atoms with Crippen molar-refractivity contribution in [2.45, 2.75) is 31.7 Å². The van der Waals surface area contributed by atoms with Crippen LogP contribution in [-0.2, 0) is 11.2 Å². The van der Waals surface area contributed by atoms with Gasteiger partial charge in [0.25, 0.3) is 5.91 Å². The van der Waals surface area contributed by atoms with Crippen molar-refractivity contribution in [1.29, 1.82) is 0 Å². The Balaban J connectivity index is 1.85. The lowest BCUT2D eigenvalue weighted by atomic mass is 9.96. The molecule has 1 fully saturated rings. The molecule has 3 rings (SSSR count). The average molecular weight is 274 g/mol. The molecule has 4 heteroatoms.